The fourth-order valence-corrected chi connectivity index (χ4v) is 2.17. The molecule has 0 spiro atoms. The number of fused-ring (bicyclic) bond motifs is 1. The molecule has 0 fully saturated rings. The van der Waals surface area contributed by atoms with Gasteiger partial charge < -0.3 is 19.2 Å². The second-order valence-electron chi connectivity index (χ2n) is 3.70. The van der Waals surface area contributed by atoms with Crippen LogP contribution in [0.4, 0.5) is 0 Å². The number of aromatic nitrogens is 2. The van der Waals surface area contributed by atoms with Gasteiger partial charge in [-0.15, -0.1) is 0 Å². The molecule has 0 aliphatic rings. The van der Waals surface area contributed by atoms with Gasteiger partial charge >= 0.3 is 0 Å². The molecule has 0 saturated heterocycles. The summed E-state index contributed by atoms with van der Waals surface area (Å²) in [6, 6.07) is 1.79. The van der Waals surface area contributed by atoms with Crippen molar-refractivity contribution in [2.45, 2.75) is 6.92 Å². The lowest BCUT2D eigenvalue weighted by Crippen LogP contribution is -1.99. The molecule has 2 aromatic rings. The number of methoxy groups -OCH3 is 3. The fourth-order valence-electron chi connectivity index (χ4n) is 1.87. The van der Waals surface area contributed by atoms with Crippen LogP contribution in [0.5, 0.6) is 17.2 Å². The standard InChI is InChI=1S/C12H14N2O3S/c1-6-13-9-7(12(18)14-6)5-8(15-2)10(16-3)11(9)17-4/h5H,1-4H3,(H,13,14,18). The Bertz CT molecular complexity index is 652. The maximum Gasteiger partial charge on any atom is 0.205 e. The number of aryl methyl sites for hydroxylation is 1. The molecule has 2 rings (SSSR count). The second-order valence-corrected chi connectivity index (χ2v) is 4.08. The summed E-state index contributed by atoms with van der Waals surface area (Å²) in [5.74, 6) is 2.37. The van der Waals surface area contributed by atoms with Gasteiger partial charge in [0.15, 0.2) is 11.5 Å². The molecule has 0 aliphatic carbocycles. The Balaban J connectivity index is 2.97. The smallest absolute Gasteiger partial charge is 0.205 e. The van der Waals surface area contributed by atoms with Gasteiger partial charge in [-0.1, -0.05) is 12.2 Å². The summed E-state index contributed by atoms with van der Waals surface area (Å²) in [6.45, 7) is 1.84. The quantitative estimate of drug-likeness (QED) is 0.865. The Morgan fingerprint density at radius 1 is 1.11 bits per heavy atom. The molecule has 0 unspecified atom stereocenters. The summed E-state index contributed by atoms with van der Waals surface area (Å²) < 4.78 is 16.5. The van der Waals surface area contributed by atoms with E-state index in [0.29, 0.717) is 21.9 Å². The molecule has 0 aliphatic heterocycles. The van der Waals surface area contributed by atoms with Gasteiger partial charge in [0.05, 0.1) is 26.8 Å². The lowest BCUT2D eigenvalue weighted by molar-refractivity contribution is 0.327. The van der Waals surface area contributed by atoms with E-state index < -0.39 is 0 Å². The Labute approximate surface area is 110 Å². The van der Waals surface area contributed by atoms with E-state index >= 15 is 0 Å². The van der Waals surface area contributed by atoms with Gasteiger partial charge in [0, 0.05) is 5.39 Å². The molecule has 96 valence electrons. The number of H-pyrrole nitrogens is 1. The number of benzene rings is 1. The van der Waals surface area contributed by atoms with Crippen LogP contribution in [0.15, 0.2) is 6.07 Å². The molecule has 18 heavy (non-hydrogen) atoms. The van der Waals surface area contributed by atoms with Gasteiger partial charge in [-0.2, -0.15) is 0 Å². The van der Waals surface area contributed by atoms with Crippen LogP contribution in [0.3, 0.4) is 0 Å². The first-order chi connectivity index (χ1) is 8.62. The predicted molar refractivity (Wildman–Crippen MR) is 71.3 cm³/mol. The molecule has 1 N–H and O–H groups in total. The van der Waals surface area contributed by atoms with Crippen LogP contribution < -0.4 is 14.2 Å². The van der Waals surface area contributed by atoms with E-state index in [1.54, 1.807) is 27.4 Å². The van der Waals surface area contributed by atoms with E-state index in [2.05, 4.69) is 9.97 Å². The molecule has 1 aromatic carbocycles. The molecule has 0 bridgehead atoms. The largest absolute Gasteiger partial charge is 0.493 e. The maximum atomic E-state index is 5.39. The van der Waals surface area contributed by atoms with Crippen molar-refractivity contribution >= 4 is 23.1 Å². The Kier molecular flexibility index (Phi) is 3.38. The molecule has 6 heteroatoms. The number of aromatic amines is 1. The highest BCUT2D eigenvalue weighted by atomic mass is 32.1. The lowest BCUT2D eigenvalue weighted by atomic mass is 10.2. The predicted octanol–water partition coefficient (Wildman–Crippen LogP) is 2.63. The summed E-state index contributed by atoms with van der Waals surface area (Å²) in [5, 5.41) is 0.769. The maximum absolute atomic E-state index is 5.39. The molecule has 1 aromatic heterocycles. The zero-order valence-electron chi connectivity index (χ0n) is 10.7. The molecule has 1 heterocycles. The van der Waals surface area contributed by atoms with Crippen LogP contribution in [-0.2, 0) is 0 Å². The summed E-state index contributed by atoms with van der Waals surface area (Å²) >= 11 is 5.25. The van der Waals surface area contributed by atoms with Crippen molar-refractivity contribution in [2.24, 2.45) is 0 Å². The van der Waals surface area contributed by atoms with Crippen LogP contribution in [0.25, 0.3) is 10.9 Å². The zero-order chi connectivity index (χ0) is 13.3. The third-order valence-corrected chi connectivity index (χ3v) is 2.95. The van der Waals surface area contributed by atoms with Crippen LogP contribution >= 0.6 is 12.2 Å². The highest BCUT2D eigenvalue weighted by Gasteiger charge is 2.17. The van der Waals surface area contributed by atoms with Crippen molar-refractivity contribution in [1.29, 1.82) is 0 Å². The second kappa shape index (κ2) is 4.81. The first kappa shape index (κ1) is 12.6. The van der Waals surface area contributed by atoms with E-state index in [9.17, 15) is 0 Å². The molecule has 0 radical (unpaired) electrons. The number of ether oxygens (including phenoxy) is 3. The topological polar surface area (TPSA) is 56.4 Å². The van der Waals surface area contributed by atoms with Gasteiger partial charge in [-0.25, -0.2) is 4.98 Å². The first-order valence-electron chi connectivity index (χ1n) is 5.32. The van der Waals surface area contributed by atoms with E-state index in [-0.39, 0.29) is 0 Å². The molecule has 0 amide bonds. The fraction of sp³-hybridized carbons (Fsp3) is 0.333. The van der Waals surface area contributed by atoms with Gasteiger partial charge in [0.25, 0.3) is 0 Å². The van der Waals surface area contributed by atoms with Crippen LogP contribution in [-0.4, -0.2) is 31.3 Å². The van der Waals surface area contributed by atoms with Crippen molar-refractivity contribution < 1.29 is 14.2 Å². The Morgan fingerprint density at radius 2 is 1.78 bits per heavy atom. The molecule has 0 saturated carbocycles. The highest BCUT2D eigenvalue weighted by Crippen LogP contribution is 2.42. The third-order valence-electron chi connectivity index (χ3n) is 2.64. The summed E-state index contributed by atoms with van der Waals surface area (Å²) in [5.41, 5.74) is 0.757. The van der Waals surface area contributed by atoms with Crippen molar-refractivity contribution in [2.75, 3.05) is 21.3 Å². The van der Waals surface area contributed by atoms with Crippen molar-refractivity contribution in [1.82, 2.24) is 9.97 Å². The number of rotatable bonds is 3. The van der Waals surface area contributed by atoms with E-state index in [0.717, 1.165) is 16.7 Å². The monoisotopic (exact) mass is 266 g/mol. The Hall–Kier alpha value is -1.82. The number of nitrogens with one attached hydrogen (secondary N) is 1. The molecular formula is C12H14N2O3S. The summed E-state index contributed by atoms with van der Waals surface area (Å²) in [4.78, 5) is 7.35. The van der Waals surface area contributed by atoms with Gasteiger partial charge in [-0.3, -0.25) is 0 Å². The normalized spacial score (nSPS) is 10.4. The van der Waals surface area contributed by atoms with Gasteiger partial charge in [0.1, 0.15) is 10.5 Å². The Morgan fingerprint density at radius 3 is 2.33 bits per heavy atom. The van der Waals surface area contributed by atoms with Gasteiger partial charge in [-0.05, 0) is 13.0 Å². The van der Waals surface area contributed by atoms with Crippen molar-refractivity contribution in [3.63, 3.8) is 0 Å². The summed E-state index contributed by atoms with van der Waals surface area (Å²) in [7, 11) is 4.70. The van der Waals surface area contributed by atoms with Crippen LogP contribution in [0, 0.1) is 11.6 Å². The molecule has 0 atom stereocenters. The average Bonchev–Trinajstić information content (AvgIpc) is 2.36. The first-order valence-corrected chi connectivity index (χ1v) is 5.72. The minimum absolute atomic E-state index is 0.500. The van der Waals surface area contributed by atoms with Crippen molar-refractivity contribution in [3.8, 4) is 17.2 Å². The van der Waals surface area contributed by atoms with E-state index in [1.165, 1.54) is 0 Å². The number of hydrogen-bond donors (Lipinski definition) is 1. The third kappa shape index (κ3) is 1.88. The van der Waals surface area contributed by atoms with Gasteiger partial charge in [0.2, 0.25) is 5.75 Å². The highest BCUT2D eigenvalue weighted by molar-refractivity contribution is 7.71. The van der Waals surface area contributed by atoms with Crippen LogP contribution in [0.2, 0.25) is 0 Å². The average molecular weight is 266 g/mol. The summed E-state index contributed by atoms with van der Waals surface area (Å²) in [6.07, 6.45) is 0. The van der Waals surface area contributed by atoms with E-state index in [1.807, 2.05) is 6.92 Å². The van der Waals surface area contributed by atoms with E-state index in [4.69, 9.17) is 26.4 Å². The minimum atomic E-state index is 0.500. The lowest BCUT2D eigenvalue weighted by Gasteiger charge is -2.14. The number of hydrogen-bond acceptors (Lipinski definition) is 5. The molecule has 5 nitrogen and oxygen atoms in total. The SMILES string of the molecule is COc1cc2c(=S)nc(C)[nH]c2c(OC)c1OC. The van der Waals surface area contributed by atoms with Crippen LogP contribution in [0.1, 0.15) is 5.82 Å². The number of nitrogens with zero attached hydrogens (tertiary/aromatic N) is 1. The minimum Gasteiger partial charge on any atom is -0.493 e. The van der Waals surface area contributed by atoms with Crippen molar-refractivity contribution in [3.05, 3.63) is 16.5 Å². The molecular weight excluding hydrogens is 252 g/mol. The zero-order valence-corrected chi connectivity index (χ0v) is 11.5.